The molecule has 2 aromatic rings. The minimum absolute atomic E-state index is 0.502. The maximum absolute atomic E-state index is 8.87. The lowest BCUT2D eigenvalue weighted by molar-refractivity contribution is 1.19. The van der Waals surface area contributed by atoms with Crippen molar-refractivity contribution in [2.75, 3.05) is 11.1 Å². The van der Waals surface area contributed by atoms with Crippen LogP contribution in [0.5, 0.6) is 0 Å². The van der Waals surface area contributed by atoms with Crippen LogP contribution in [0.15, 0.2) is 34.1 Å². The molecule has 0 bridgehead atoms. The third kappa shape index (κ3) is 2.78. The van der Waals surface area contributed by atoms with Gasteiger partial charge in [-0.2, -0.15) is 5.26 Å². The van der Waals surface area contributed by atoms with E-state index in [9.17, 15) is 0 Å². The van der Waals surface area contributed by atoms with Gasteiger partial charge in [0, 0.05) is 11.4 Å². The number of hydrogen-bond acceptors (Lipinski definition) is 4. The molecule has 0 amide bonds. The molecule has 3 N–H and O–H groups in total. The fraction of sp³-hybridized carbons (Fsp3) is 0.0833. The van der Waals surface area contributed by atoms with Gasteiger partial charge in [0.25, 0.3) is 0 Å². The molecular weight excluding hydrogens is 298 g/mol. The van der Waals surface area contributed by atoms with Gasteiger partial charge in [0.2, 0.25) is 0 Å². The van der Waals surface area contributed by atoms with E-state index in [4.69, 9.17) is 11.0 Å². The summed E-state index contributed by atoms with van der Waals surface area (Å²) >= 11 is 5.09. The minimum atomic E-state index is 0.502. The number of hydrogen-bond donors (Lipinski definition) is 2. The number of nitrogen functional groups attached to an aromatic ring is 1. The maximum atomic E-state index is 8.87. The first kappa shape index (κ1) is 12.0. The number of thiophene rings is 1. The molecule has 0 aliphatic carbocycles. The third-order valence-electron chi connectivity index (χ3n) is 2.31. The summed E-state index contributed by atoms with van der Waals surface area (Å²) in [5, 5.41) is 12.1. The number of rotatable bonds is 3. The van der Waals surface area contributed by atoms with Crippen molar-refractivity contribution in [2.24, 2.45) is 0 Å². The van der Waals surface area contributed by atoms with Gasteiger partial charge < -0.3 is 11.1 Å². The first-order valence-electron chi connectivity index (χ1n) is 4.97. The quantitative estimate of drug-likeness (QED) is 0.852. The highest BCUT2D eigenvalue weighted by Gasteiger charge is 2.04. The zero-order valence-electron chi connectivity index (χ0n) is 8.90. The molecule has 0 radical (unpaired) electrons. The normalized spacial score (nSPS) is 9.88. The number of benzene rings is 1. The van der Waals surface area contributed by atoms with Crippen LogP contribution in [0.1, 0.15) is 10.4 Å². The van der Waals surface area contributed by atoms with Gasteiger partial charge in [-0.3, -0.25) is 0 Å². The highest BCUT2D eigenvalue weighted by atomic mass is 79.9. The molecule has 3 nitrogen and oxygen atoms in total. The predicted octanol–water partition coefficient (Wildman–Crippen LogP) is 3.58. The van der Waals surface area contributed by atoms with E-state index in [1.807, 2.05) is 24.3 Å². The summed E-state index contributed by atoms with van der Waals surface area (Å²) in [6.07, 6.45) is 0. The number of anilines is 2. The molecule has 2 rings (SSSR count). The first-order valence-corrected chi connectivity index (χ1v) is 6.58. The van der Waals surface area contributed by atoms with Crippen molar-refractivity contribution in [1.29, 1.82) is 5.26 Å². The zero-order valence-corrected chi connectivity index (χ0v) is 11.3. The number of nitrogens with zero attached hydrogens (tertiary/aromatic N) is 1. The van der Waals surface area contributed by atoms with Crippen molar-refractivity contribution in [3.8, 4) is 6.07 Å². The Hall–Kier alpha value is -1.51. The van der Waals surface area contributed by atoms with Crippen LogP contribution in [0.25, 0.3) is 0 Å². The molecule has 17 heavy (non-hydrogen) atoms. The summed E-state index contributed by atoms with van der Waals surface area (Å²) in [6.45, 7) is 0.704. The Bertz CT molecular complexity index is 571. The molecule has 1 aromatic carbocycles. The Morgan fingerprint density at radius 3 is 2.82 bits per heavy atom. The average molecular weight is 308 g/mol. The van der Waals surface area contributed by atoms with Crippen molar-refractivity contribution in [1.82, 2.24) is 0 Å². The van der Waals surface area contributed by atoms with E-state index in [1.165, 1.54) is 4.88 Å². The Balaban J connectivity index is 2.12. The van der Waals surface area contributed by atoms with Gasteiger partial charge >= 0.3 is 0 Å². The highest BCUT2D eigenvalue weighted by Crippen LogP contribution is 2.25. The molecule has 5 heteroatoms. The largest absolute Gasteiger partial charge is 0.396 e. The van der Waals surface area contributed by atoms with Crippen LogP contribution in [0.3, 0.4) is 0 Å². The van der Waals surface area contributed by atoms with Gasteiger partial charge in [-0.1, -0.05) is 6.07 Å². The third-order valence-corrected chi connectivity index (χ3v) is 3.93. The number of para-hydroxylation sites is 1. The van der Waals surface area contributed by atoms with Gasteiger partial charge in [0.05, 0.1) is 20.7 Å². The Morgan fingerprint density at radius 2 is 2.18 bits per heavy atom. The van der Waals surface area contributed by atoms with Crippen molar-refractivity contribution >= 4 is 38.6 Å². The molecular formula is C12H10BrN3S. The van der Waals surface area contributed by atoms with Crippen LogP contribution in [0, 0.1) is 11.3 Å². The van der Waals surface area contributed by atoms with E-state index < -0.39 is 0 Å². The van der Waals surface area contributed by atoms with Gasteiger partial charge in [-0.15, -0.1) is 11.3 Å². The van der Waals surface area contributed by atoms with Gasteiger partial charge in [0.1, 0.15) is 6.07 Å². The minimum Gasteiger partial charge on any atom is -0.396 e. The van der Waals surface area contributed by atoms with Crippen molar-refractivity contribution in [3.63, 3.8) is 0 Å². The fourth-order valence-corrected chi connectivity index (χ4v) is 2.87. The standard InChI is InChI=1S/C12H10BrN3S/c13-11-5-4-9(17-11)7-16-10-3-1-2-8(6-14)12(10)15/h1-5,16H,7,15H2. The molecule has 1 heterocycles. The molecule has 0 saturated heterocycles. The molecule has 0 spiro atoms. The van der Waals surface area contributed by atoms with E-state index in [2.05, 4.69) is 27.3 Å². The number of nitrogens with one attached hydrogen (secondary N) is 1. The van der Waals surface area contributed by atoms with Crippen LogP contribution in [0.4, 0.5) is 11.4 Å². The molecule has 0 aliphatic heterocycles. The van der Waals surface area contributed by atoms with Gasteiger partial charge in [-0.05, 0) is 40.2 Å². The molecule has 0 aliphatic rings. The van der Waals surface area contributed by atoms with Crippen molar-refractivity contribution in [3.05, 3.63) is 44.6 Å². The van der Waals surface area contributed by atoms with Crippen LogP contribution >= 0.6 is 27.3 Å². The molecule has 0 atom stereocenters. The average Bonchev–Trinajstić information content (AvgIpc) is 2.74. The summed E-state index contributed by atoms with van der Waals surface area (Å²) in [4.78, 5) is 1.21. The molecule has 0 fully saturated rings. The van der Waals surface area contributed by atoms with E-state index in [-0.39, 0.29) is 0 Å². The summed E-state index contributed by atoms with van der Waals surface area (Å²) in [5.41, 5.74) is 7.68. The second-order valence-corrected chi connectivity index (χ2v) is 5.99. The van der Waals surface area contributed by atoms with Crippen LogP contribution in [-0.2, 0) is 6.54 Å². The lowest BCUT2D eigenvalue weighted by Gasteiger charge is -2.08. The van der Waals surface area contributed by atoms with Crippen LogP contribution in [0.2, 0.25) is 0 Å². The van der Waals surface area contributed by atoms with Crippen molar-refractivity contribution < 1.29 is 0 Å². The Kier molecular flexibility index (Phi) is 3.67. The summed E-state index contributed by atoms with van der Waals surface area (Å²) in [6, 6.07) is 11.5. The predicted molar refractivity (Wildman–Crippen MR) is 74.9 cm³/mol. The second kappa shape index (κ2) is 5.21. The smallest absolute Gasteiger partial charge is 0.101 e. The second-order valence-electron chi connectivity index (χ2n) is 3.44. The topological polar surface area (TPSA) is 61.8 Å². The van der Waals surface area contributed by atoms with Gasteiger partial charge in [-0.25, -0.2) is 0 Å². The lowest BCUT2D eigenvalue weighted by Crippen LogP contribution is -2.02. The van der Waals surface area contributed by atoms with Crippen LogP contribution < -0.4 is 11.1 Å². The lowest BCUT2D eigenvalue weighted by atomic mass is 10.1. The number of nitriles is 1. The van der Waals surface area contributed by atoms with Crippen LogP contribution in [-0.4, -0.2) is 0 Å². The SMILES string of the molecule is N#Cc1cccc(NCc2ccc(Br)s2)c1N. The highest BCUT2D eigenvalue weighted by molar-refractivity contribution is 9.11. The Labute approximate surface area is 112 Å². The summed E-state index contributed by atoms with van der Waals surface area (Å²) < 4.78 is 1.10. The maximum Gasteiger partial charge on any atom is 0.101 e. The number of halogens is 1. The monoisotopic (exact) mass is 307 g/mol. The molecule has 86 valence electrons. The first-order chi connectivity index (χ1) is 8.20. The van der Waals surface area contributed by atoms with Crippen molar-refractivity contribution in [2.45, 2.75) is 6.54 Å². The Morgan fingerprint density at radius 1 is 1.35 bits per heavy atom. The van der Waals surface area contributed by atoms with E-state index >= 15 is 0 Å². The summed E-state index contributed by atoms with van der Waals surface area (Å²) in [7, 11) is 0. The van der Waals surface area contributed by atoms with Gasteiger partial charge in [0.15, 0.2) is 0 Å². The van der Waals surface area contributed by atoms with E-state index in [0.717, 1.165) is 9.47 Å². The number of nitrogens with two attached hydrogens (primary N) is 1. The fourth-order valence-electron chi connectivity index (χ4n) is 1.45. The molecule has 0 unspecified atom stereocenters. The zero-order chi connectivity index (χ0) is 12.3. The summed E-state index contributed by atoms with van der Waals surface area (Å²) in [5.74, 6) is 0. The van der Waals surface area contributed by atoms with E-state index in [0.29, 0.717) is 17.8 Å². The van der Waals surface area contributed by atoms with E-state index in [1.54, 1.807) is 17.4 Å². The molecule has 1 aromatic heterocycles. The molecule has 0 saturated carbocycles.